The summed E-state index contributed by atoms with van der Waals surface area (Å²) in [7, 11) is 3.39. The van der Waals surface area contributed by atoms with Crippen LogP contribution < -0.4 is 5.73 Å². The first-order valence-corrected chi connectivity index (χ1v) is 6.80. The Labute approximate surface area is 119 Å². The molecule has 2 N–H and O–H groups in total. The smallest absolute Gasteiger partial charge is 0.273 e. The Balaban J connectivity index is 2.01. The quantitative estimate of drug-likeness (QED) is 0.729. The normalized spacial score (nSPS) is 10.9. The van der Waals surface area contributed by atoms with Gasteiger partial charge in [0.2, 0.25) is 5.13 Å². The Morgan fingerprint density at radius 1 is 1.35 bits per heavy atom. The van der Waals surface area contributed by atoms with Gasteiger partial charge in [-0.3, -0.25) is 4.79 Å². The third kappa shape index (κ3) is 2.12. The number of hydrogen-bond donors (Lipinski definition) is 1. The molecule has 7 heteroatoms. The number of rotatable bonds is 2. The van der Waals surface area contributed by atoms with Crippen molar-refractivity contribution in [3.05, 3.63) is 36.2 Å². The summed E-state index contributed by atoms with van der Waals surface area (Å²) in [5.41, 5.74) is 7.73. The van der Waals surface area contributed by atoms with Crippen molar-refractivity contribution in [2.24, 2.45) is 0 Å². The third-order valence-corrected chi connectivity index (χ3v) is 3.82. The van der Waals surface area contributed by atoms with Crippen LogP contribution in [-0.4, -0.2) is 39.7 Å². The number of anilines is 1. The van der Waals surface area contributed by atoms with Crippen LogP contribution in [0.5, 0.6) is 0 Å². The number of hydrogen-bond acceptors (Lipinski definition) is 5. The van der Waals surface area contributed by atoms with Crippen molar-refractivity contribution in [2.75, 3.05) is 19.8 Å². The summed E-state index contributed by atoms with van der Waals surface area (Å²) in [5, 5.41) is 4.97. The van der Waals surface area contributed by atoms with E-state index in [0.29, 0.717) is 16.5 Å². The van der Waals surface area contributed by atoms with E-state index in [9.17, 15) is 4.79 Å². The maximum absolute atomic E-state index is 11.8. The number of carbonyl (C=O) groups is 1. The molecule has 0 unspecified atom stereocenters. The number of carbonyl (C=O) groups excluding carboxylic acids is 1. The van der Waals surface area contributed by atoms with Crippen LogP contribution in [-0.2, 0) is 0 Å². The molecular formula is C13H13N5OS. The van der Waals surface area contributed by atoms with Gasteiger partial charge in [0.25, 0.3) is 5.91 Å². The van der Waals surface area contributed by atoms with Crippen LogP contribution in [0.4, 0.5) is 5.69 Å². The van der Waals surface area contributed by atoms with E-state index in [1.165, 1.54) is 16.2 Å². The summed E-state index contributed by atoms with van der Waals surface area (Å²) < 4.78 is 2.61. The summed E-state index contributed by atoms with van der Waals surface area (Å²) in [5.74, 6) is -0.130. The summed E-state index contributed by atoms with van der Waals surface area (Å²) in [6.45, 7) is 0. The molecule has 0 aliphatic heterocycles. The standard InChI is InChI=1S/C13H13N5OS/c1-17(2)12(19)10-5-6-18(16-10)13-15-9-4-3-8(14)7-11(9)20-13/h3-7H,14H2,1-2H3. The number of nitrogens with two attached hydrogens (primary N) is 1. The van der Waals surface area contributed by atoms with Crippen molar-refractivity contribution in [3.63, 3.8) is 0 Å². The predicted octanol–water partition coefficient (Wildman–Crippen LogP) is 1.77. The molecule has 0 aliphatic carbocycles. The fraction of sp³-hybridized carbons (Fsp3) is 0.154. The monoisotopic (exact) mass is 287 g/mol. The summed E-state index contributed by atoms with van der Waals surface area (Å²) in [6.07, 6.45) is 1.73. The zero-order chi connectivity index (χ0) is 14.3. The molecule has 2 aromatic heterocycles. The van der Waals surface area contributed by atoms with Gasteiger partial charge < -0.3 is 10.6 Å². The average molecular weight is 287 g/mol. The van der Waals surface area contributed by atoms with Crippen molar-refractivity contribution >= 4 is 33.1 Å². The van der Waals surface area contributed by atoms with Crippen LogP contribution >= 0.6 is 11.3 Å². The van der Waals surface area contributed by atoms with E-state index < -0.39 is 0 Å². The molecule has 0 radical (unpaired) electrons. The van der Waals surface area contributed by atoms with Gasteiger partial charge in [0, 0.05) is 26.0 Å². The van der Waals surface area contributed by atoms with Gasteiger partial charge in [-0.25, -0.2) is 9.67 Å². The van der Waals surface area contributed by atoms with E-state index in [-0.39, 0.29) is 5.91 Å². The Morgan fingerprint density at radius 2 is 2.15 bits per heavy atom. The fourth-order valence-electron chi connectivity index (χ4n) is 1.80. The highest BCUT2D eigenvalue weighted by molar-refractivity contribution is 7.20. The number of aromatic nitrogens is 3. The molecule has 0 spiro atoms. The Kier molecular flexibility index (Phi) is 2.90. The molecular weight excluding hydrogens is 274 g/mol. The molecule has 0 aliphatic rings. The van der Waals surface area contributed by atoms with E-state index >= 15 is 0 Å². The lowest BCUT2D eigenvalue weighted by atomic mass is 10.3. The number of nitrogens with zero attached hydrogens (tertiary/aromatic N) is 4. The minimum absolute atomic E-state index is 0.130. The van der Waals surface area contributed by atoms with Gasteiger partial charge in [0.05, 0.1) is 10.2 Å². The highest BCUT2D eigenvalue weighted by Crippen LogP contribution is 2.26. The fourth-order valence-corrected chi connectivity index (χ4v) is 2.75. The SMILES string of the molecule is CN(C)C(=O)c1ccn(-c2nc3ccc(N)cc3s2)n1. The van der Waals surface area contributed by atoms with Gasteiger partial charge in [-0.05, 0) is 24.3 Å². The first kappa shape index (κ1) is 12.6. The molecule has 0 fully saturated rings. The molecule has 1 amide bonds. The topological polar surface area (TPSA) is 77.0 Å². The first-order valence-electron chi connectivity index (χ1n) is 5.98. The summed E-state index contributed by atoms with van der Waals surface area (Å²) in [4.78, 5) is 17.8. The van der Waals surface area contributed by atoms with Gasteiger partial charge >= 0.3 is 0 Å². The van der Waals surface area contributed by atoms with E-state index in [1.54, 1.807) is 31.0 Å². The largest absolute Gasteiger partial charge is 0.399 e. The summed E-state index contributed by atoms with van der Waals surface area (Å²) in [6, 6.07) is 7.25. The van der Waals surface area contributed by atoms with Crippen LogP contribution in [0.2, 0.25) is 0 Å². The van der Waals surface area contributed by atoms with E-state index in [4.69, 9.17) is 5.73 Å². The molecule has 0 bridgehead atoms. The maximum Gasteiger partial charge on any atom is 0.273 e. The molecule has 20 heavy (non-hydrogen) atoms. The number of fused-ring (bicyclic) bond motifs is 1. The minimum atomic E-state index is -0.130. The lowest BCUT2D eigenvalue weighted by Crippen LogP contribution is -2.22. The molecule has 1 aromatic carbocycles. The van der Waals surface area contributed by atoms with Crippen LogP contribution in [0.25, 0.3) is 15.3 Å². The molecule has 0 saturated carbocycles. The Bertz CT molecular complexity index is 789. The van der Waals surface area contributed by atoms with Crippen molar-refractivity contribution in [2.45, 2.75) is 0 Å². The maximum atomic E-state index is 11.8. The van der Waals surface area contributed by atoms with Gasteiger partial charge in [-0.1, -0.05) is 11.3 Å². The average Bonchev–Trinajstić information content (AvgIpc) is 3.02. The van der Waals surface area contributed by atoms with Gasteiger partial charge in [-0.2, -0.15) is 5.10 Å². The highest BCUT2D eigenvalue weighted by atomic mass is 32.1. The second kappa shape index (κ2) is 4.61. The zero-order valence-corrected chi connectivity index (χ0v) is 11.9. The number of thiazole rings is 1. The lowest BCUT2D eigenvalue weighted by molar-refractivity contribution is 0.0821. The summed E-state index contributed by atoms with van der Waals surface area (Å²) >= 11 is 1.48. The molecule has 0 saturated heterocycles. The second-order valence-electron chi connectivity index (χ2n) is 4.57. The van der Waals surface area contributed by atoms with Gasteiger partial charge in [0.15, 0.2) is 5.69 Å². The molecule has 2 heterocycles. The second-order valence-corrected chi connectivity index (χ2v) is 5.58. The van der Waals surface area contributed by atoms with Crippen molar-refractivity contribution in [3.8, 4) is 5.13 Å². The molecule has 0 atom stereocenters. The first-order chi connectivity index (χ1) is 9.54. The van der Waals surface area contributed by atoms with Crippen molar-refractivity contribution < 1.29 is 4.79 Å². The van der Waals surface area contributed by atoms with Crippen LogP contribution in [0, 0.1) is 0 Å². The lowest BCUT2D eigenvalue weighted by Gasteiger charge is -2.06. The number of nitrogen functional groups attached to an aromatic ring is 1. The Hall–Kier alpha value is -2.41. The van der Waals surface area contributed by atoms with Crippen molar-refractivity contribution in [1.29, 1.82) is 0 Å². The number of amides is 1. The zero-order valence-electron chi connectivity index (χ0n) is 11.1. The van der Waals surface area contributed by atoms with E-state index in [2.05, 4.69) is 10.1 Å². The molecule has 102 valence electrons. The van der Waals surface area contributed by atoms with Crippen LogP contribution in [0.15, 0.2) is 30.5 Å². The van der Waals surface area contributed by atoms with E-state index in [0.717, 1.165) is 10.2 Å². The molecule has 3 aromatic rings. The molecule has 6 nitrogen and oxygen atoms in total. The van der Waals surface area contributed by atoms with Crippen LogP contribution in [0.1, 0.15) is 10.5 Å². The predicted molar refractivity (Wildman–Crippen MR) is 79.2 cm³/mol. The van der Waals surface area contributed by atoms with Gasteiger partial charge in [0.1, 0.15) is 0 Å². The van der Waals surface area contributed by atoms with Gasteiger partial charge in [-0.15, -0.1) is 0 Å². The molecule has 3 rings (SSSR count). The van der Waals surface area contributed by atoms with E-state index in [1.807, 2.05) is 18.2 Å². The minimum Gasteiger partial charge on any atom is -0.399 e. The third-order valence-electron chi connectivity index (χ3n) is 2.81. The van der Waals surface area contributed by atoms with Crippen molar-refractivity contribution in [1.82, 2.24) is 19.7 Å². The van der Waals surface area contributed by atoms with Crippen LogP contribution in [0.3, 0.4) is 0 Å². The number of benzene rings is 1. The Morgan fingerprint density at radius 3 is 2.90 bits per heavy atom. The highest BCUT2D eigenvalue weighted by Gasteiger charge is 2.13.